The fraction of sp³-hybridized carbons (Fsp3) is 0.213. The van der Waals surface area contributed by atoms with Crippen molar-refractivity contribution >= 4 is 46.2 Å². The van der Waals surface area contributed by atoms with Crippen LogP contribution in [-0.2, 0) is 16.2 Å². The summed E-state index contributed by atoms with van der Waals surface area (Å²) in [7, 11) is 0. The second-order valence-electron chi connectivity index (χ2n) is 21.2. The van der Waals surface area contributed by atoms with Gasteiger partial charge in [0, 0.05) is 51.0 Å². The van der Waals surface area contributed by atoms with Crippen LogP contribution in [0, 0.1) is 13.8 Å². The lowest BCUT2D eigenvalue weighted by Gasteiger charge is -2.48. The predicted molar refractivity (Wildman–Crippen MR) is 275 cm³/mol. The Kier molecular flexibility index (Phi) is 8.09. The van der Waals surface area contributed by atoms with E-state index in [1.165, 1.54) is 101 Å². The van der Waals surface area contributed by atoms with Crippen molar-refractivity contribution in [3.8, 4) is 56.4 Å². The van der Waals surface area contributed by atoms with E-state index in [1.54, 1.807) is 0 Å². The normalized spacial score (nSPS) is 16.9. The highest BCUT2D eigenvalue weighted by Gasteiger charge is 2.50. The monoisotopic (exact) mass is 856 g/mol. The second kappa shape index (κ2) is 13.5. The van der Waals surface area contributed by atoms with Crippen molar-refractivity contribution in [2.45, 2.75) is 84.5 Å². The maximum Gasteiger partial charge on any atom is 0.333 e. The van der Waals surface area contributed by atoms with Crippen LogP contribution >= 0.6 is 0 Å². The van der Waals surface area contributed by atoms with Gasteiger partial charge in [-0.3, -0.25) is 0 Å². The Bertz CT molecular complexity index is 3400. The molecule has 0 saturated heterocycles. The van der Waals surface area contributed by atoms with E-state index < -0.39 is 0 Å². The number of hydrogen-bond acceptors (Lipinski definition) is 4. The van der Waals surface area contributed by atoms with Gasteiger partial charge in [-0.05, 0) is 147 Å². The lowest BCUT2D eigenvalue weighted by molar-refractivity contribution is 0.332. The molecular formula is C61H53BN2O2. The van der Waals surface area contributed by atoms with Gasteiger partial charge in [0.1, 0.15) is 0 Å². The molecule has 0 atom stereocenters. The van der Waals surface area contributed by atoms with E-state index >= 15 is 0 Å². The molecule has 0 saturated carbocycles. The molecule has 5 aliphatic rings. The minimum absolute atomic E-state index is 0.0228. The topological polar surface area (TPSA) is 24.9 Å². The van der Waals surface area contributed by atoms with Gasteiger partial charge in [-0.2, -0.15) is 0 Å². The van der Waals surface area contributed by atoms with E-state index in [1.807, 2.05) is 24.3 Å². The molecule has 3 aliphatic heterocycles. The van der Waals surface area contributed by atoms with E-state index in [0.29, 0.717) is 0 Å². The first-order chi connectivity index (χ1) is 31.8. The number of fused-ring (bicyclic) bond motifs is 11. The van der Waals surface area contributed by atoms with Crippen molar-refractivity contribution in [3.63, 3.8) is 0 Å². The highest BCUT2D eigenvalue weighted by atomic mass is 16.6. The molecular weight excluding hydrogens is 803 g/mol. The molecule has 4 nitrogen and oxygen atoms in total. The summed E-state index contributed by atoms with van der Waals surface area (Å²) in [6.07, 6.45) is 2.31. The molecule has 3 heterocycles. The van der Waals surface area contributed by atoms with E-state index in [2.05, 4.69) is 192 Å². The summed E-state index contributed by atoms with van der Waals surface area (Å²) in [5.74, 6) is 2.89. The zero-order valence-electron chi connectivity index (χ0n) is 39.1. The molecule has 0 radical (unpaired) electrons. The van der Waals surface area contributed by atoms with Crippen molar-refractivity contribution in [1.29, 1.82) is 0 Å². The van der Waals surface area contributed by atoms with Crippen LogP contribution in [0.2, 0.25) is 0 Å². The third kappa shape index (κ3) is 5.40. The Morgan fingerprint density at radius 2 is 1.11 bits per heavy atom. The average molecular weight is 857 g/mol. The van der Waals surface area contributed by atoms with Crippen molar-refractivity contribution in [2.24, 2.45) is 0 Å². The van der Waals surface area contributed by atoms with Gasteiger partial charge in [-0.1, -0.05) is 145 Å². The summed E-state index contributed by atoms with van der Waals surface area (Å²) >= 11 is 0. The fourth-order valence-corrected chi connectivity index (χ4v) is 12.5. The summed E-state index contributed by atoms with van der Waals surface area (Å²) < 4.78 is 13.7. The minimum atomic E-state index is -0.247. The number of benzene rings is 8. The molecule has 0 N–H and O–H groups in total. The molecule has 0 amide bonds. The largest absolute Gasteiger partial charge is 0.450 e. The van der Waals surface area contributed by atoms with Crippen LogP contribution in [0.3, 0.4) is 0 Å². The van der Waals surface area contributed by atoms with Gasteiger partial charge in [0.15, 0.2) is 23.0 Å². The Morgan fingerprint density at radius 3 is 1.85 bits per heavy atom. The van der Waals surface area contributed by atoms with Crippen LogP contribution in [0.1, 0.15) is 87.8 Å². The van der Waals surface area contributed by atoms with Gasteiger partial charge in [0.25, 0.3) is 0 Å². The molecule has 0 unspecified atom stereocenters. The summed E-state index contributed by atoms with van der Waals surface area (Å²) in [4.78, 5) is 5.26. The minimum Gasteiger partial charge on any atom is -0.450 e. The fourth-order valence-electron chi connectivity index (χ4n) is 12.5. The Labute approximate surface area is 389 Å². The van der Waals surface area contributed by atoms with Crippen molar-refractivity contribution < 1.29 is 9.47 Å². The molecule has 66 heavy (non-hydrogen) atoms. The third-order valence-electron chi connectivity index (χ3n) is 15.9. The predicted octanol–water partition coefficient (Wildman–Crippen LogP) is 15.2. The molecule has 322 valence electrons. The van der Waals surface area contributed by atoms with Crippen LogP contribution in [0.4, 0.5) is 28.4 Å². The zero-order valence-corrected chi connectivity index (χ0v) is 39.1. The molecule has 5 heteroatoms. The number of aryl methyl sites for hydroxylation is 2. The molecule has 8 aromatic carbocycles. The van der Waals surface area contributed by atoms with Crippen molar-refractivity contribution in [3.05, 3.63) is 185 Å². The van der Waals surface area contributed by atoms with E-state index in [9.17, 15) is 0 Å². The molecule has 0 aromatic heterocycles. The van der Waals surface area contributed by atoms with E-state index in [0.717, 1.165) is 40.8 Å². The SMILES string of the molecule is Cc1cc2c3c(c1)N(c1cc4c(cc1C)C(C)(C)CCC4(C)C)c1cc4c(cc1B3N(c1ccccc1-c1ccccc1)c1ccc3c(c1-2)C(C)(C)c1ccccc1-3)Oc1ccccc1O4. The number of anilines is 5. The van der Waals surface area contributed by atoms with Gasteiger partial charge in [0.2, 0.25) is 0 Å². The van der Waals surface area contributed by atoms with Crippen LogP contribution in [-0.4, -0.2) is 6.85 Å². The smallest absolute Gasteiger partial charge is 0.333 e. The lowest BCUT2D eigenvalue weighted by Crippen LogP contribution is -2.62. The van der Waals surface area contributed by atoms with Gasteiger partial charge < -0.3 is 19.2 Å². The van der Waals surface area contributed by atoms with Crippen molar-refractivity contribution in [2.75, 3.05) is 9.71 Å². The highest BCUT2D eigenvalue weighted by Crippen LogP contribution is 2.59. The van der Waals surface area contributed by atoms with E-state index in [-0.39, 0.29) is 23.1 Å². The van der Waals surface area contributed by atoms with Gasteiger partial charge in [-0.15, -0.1) is 0 Å². The number of para-hydroxylation sites is 3. The lowest BCUT2D eigenvalue weighted by atomic mass is 9.43. The quantitative estimate of drug-likeness (QED) is 0.165. The number of rotatable bonds is 3. The summed E-state index contributed by atoms with van der Waals surface area (Å²) in [6.45, 7) is 19.0. The molecule has 2 aliphatic carbocycles. The molecule has 13 rings (SSSR count). The Hall–Kier alpha value is -6.98. The van der Waals surface area contributed by atoms with E-state index in [4.69, 9.17) is 9.47 Å². The average Bonchev–Trinajstić information content (AvgIpc) is 3.55. The summed E-state index contributed by atoms with van der Waals surface area (Å²) in [5, 5.41) is 0. The van der Waals surface area contributed by atoms with Gasteiger partial charge >= 0.3 is 6.85 Å². The van der Waals surface area contributed by atoms with Gasteiger partial charge in [-0.25, -0.2) is 0 Å². The number of nitrogens with zero attached hydrogens (tertiary/aromatic N) is 2. The van der Waals surface area contributed by atoms with Crippen LogP contribution in [0.25, 0.3) is 33.4 Å². The first-order valence-electron chi connectivity index (χ1n) is 23.7. The molecule has 8 aromatic rings. The van der Waals surface area contributed by atoms with Crippen LogP contribution in [0.15, 0.2) is 152 Å². The molecule has 0 spiro atoms. The molecule has 0 bridgehead atoms. The standard InChI is InChI=1S/C61H53BN2O2/c1-36-30-42-56-48(27-26-41-40-21-12-14-22-43(40)61(7,8)57(41)56)64(47-23-15-13-20-39(47)38-18-10-9-11-19-38)62-46-34-54-55(66-53-25-17-16-24-52(53)65-54)35-50(46)63(51(31-36)58(42)62)49-33-45-44(32-37(49)2)59(3,4)28-29-60(45,5)6/h9-27,30-35H,28-29H2,1-8H3. The number of ether oxygens (including phenoxy) is 2. The maximum atomic E-state index is 6.85. The third-order valence-corrected chi connectivity index (χ3v) is 15.9. The van der Waals surface area contributed by atoms with Gasteiger partial charge in [0.05, 0.1) is 0 Å². The first-order valence-corrected chi connectivity index (χ1v) is 23.7. The highest BCUT2D eigenvalue weighted by molar-refractivity contribution is 6.93. The first kappa shape index (κ1) is 39.4. The number of hydrogen-bond donors (Lipinski definition) is 0. The Balaban J connectivity index is 1.17. The summed E-state index contributed by atoms with van der Waals surface area (Å²) in [5.41, 5.74) is 24.0. The van der Waals surface area contributed by atoms with Crippen LogP contribution in [0.5, 0.6) is 23.0 Å². The zero-order chi connectivity index (χ0) is 45.0. The van der Waals surface area contributed by atoms with Crippen molar-refractivity contribution in [1.82, 2.24) is 0 Å². The molecule has 0 fully saturated rings. The second-order valence-corrected chi connectivity index (χ2v) is 21.2. The Morgan fingerprint density at radius 1 is 0.470 bits per heavy atom. The maximum absolute atomic E-state index is 6.85. The summed E-state index contributed by atoms with van der Waals surface area (Å²) in [6, 6.07) is 56.3. The van der Waals surface area contributed by atoms with Crippen LogP contribution < -0.4 is 30.1 Å².